The Morgan fingerprint density at radius 3 is 2.56 bits per heavy atom. The van der Waals surface area contributed by atoms with Gasteiger partial charge in [-0.25, -0.2) is 0 Å². The number of likely N-dealkylation sites (tertiary alicyclic amines) is 1. The molecule has 0 aromatic rings. The van der Waals surface area contributed by atoms with Gasteiger partial charge < -0.3 is 15.7 Å². The van der Waals surface area contributed by atoms with Gasteiger partial charge in [-0.2, -0.15) is 0 Å². The van der Waals surface area contributed by atoms with E-state index in [0.29, 0.717) is 13.1 Å². The van der Waals surface area contributed by atoms with Crippen LogP contribution in [0.2, 0.25) is 0 Å². The van der Waals surface area contributed by atoms with E-state index in [4.69, 9.17) is 18.0 Å². The monoisotopic (exact) mass is 244 g/mol. The lowest BCUT2D eigenvalue weighted by Gasteiger charge is -2.38. The van der Waals surface area contributed by atoms with Crippen molar-refractivity contribution in [1.82, 2.24) is 4.90 Å². The van der Waals surface area contributed by atoms with Crippen molar-refractivity contribution in [3.05, 3.63) is 0 Å². The van der Waals surface area contributed by atoms with Crippen LogP contribution in [0, 0.1) is 11.3 Å². The van der Waals surface area contributed by atoms with Gasteiger partial charge in [0.1, 0.15) is 0 Å². The van der Waals surface area contributed by atoms with E-state index in [1.165, 1.54) is 0 Å². The van der Waals surface area contributed by atoms with E-state index in [-0.39, 0.29) is 16.8 Å². The summed E-state index contributed by atoms with van der Waals surface area (Å²) in [4.78, 5) is 14.0. The van der Waals surface area contributed by atoms with Gasteiger partial charge in [-0.05, 0) is 26.2 Å². The third-order valence-corrected chi connectivity index (χ3v) is 3.87. The first-order valence-corrected chi connectivity index (χ1v) is 5.95. The quantitative estimate of drug-likeness (QED) is 0.695. The van der Waals surface area contributed by atoms with Gasteiger partial charge in [0.05, 0.1) is 16.5 Å². The molecular weight excluding hydrogens is 224 g/mol. The first kappa shape index (κ1) is 13.4. The van der Waals surface area contributed by atoms with Crippen LogP contribution < -0.4 is 5.73 Å². The number of aliphatic hydroxyl groups excluding tert-OH is 1. The largest absolute Gasteiger partial charge is 0.392 e. The highest BCUT2D eigenvalue weighted by Crippen LogP contribution is 2.24. The molecule has 2 atom stereocenters. The third kappa shape index (κ3) is 2.52. The SMILES string of the molecule is CC1CCN(C(=O)C(C)(C)C(N)=S)CC1O. The van der Waals surface area contributed by atoms with Gasteiger partial charge in [0.15, 0.2) is 0 Å². The summed E-state index contributed by atoms with van der Waals surface area (Å²) in [5, 5.41) is 9.74. The fourth-order valence-corrected chi connectivity index (χ4v) is 1.82. The normalized spacial score (nSPS) is 26.6. The van der Waals surface area contributed by atoms with E-state index in [2.05, 4.69) is 0 Å². The highest BCUT2D eigenvalue weighted by Gasteiger charge is 2.37. The predicted octanol–water partition coefficient (Wildman–Crippen LogP) is 0.528. The molecule has 0 spiro atoms. The molecule has 4 nitrogen and oxygen atoms in total. The maximum Gasteiger partial charge on any atom is 0.235 e. The minimum atomic E-state index is -0.824. The molecule has 1 saturated heterocycles. The lowest BCUT2D eigenvalue weighted by molar-refractivity contribution is -0.141. The molecule has 0 bridgehead atoms. The second kappa shape index (κ2) is 4.67. The third-order valence-electron chi connectivity index (χ3n) is 3.36. The maximum absolute atomic E-state index is 12.2. The lowest BCUT2D eigenvalue weighted by Crippen LogP contribution is -2.53. The summed E-state index contributed by atoms with van der Waals surface area (Å²) in [5.41, 5.74) is 4.74. The molecule has 1 amide bonds. The van der Waals surface area contributed by atoms with Crippen molar-refractivity contribution in [2.24, 2.45) is 17.1 Å². The van der Waals surface area contributed by atoms with Crippen molar-refractivity contribution in [3.63, 3.8) is 0 Å². The molecule has 2 unspecified atom stereocenters. The van der Waals surface area contributed by atoms with Crippen LogP contribution in [-0.4, -0.2) is 40.1 Å². The van der Waals surface area contributed by atoms with Gasteiger partial charge in [0.25, 0.3) is 0 Å². The second-order valence-electron chi connectivity index (χ2n) is 5.07. The predicted molar refractivity (Wildman–Crippen MR) is 66.9 cm³/mol. The summed E-state index contributed by atoms with van der Waals surface area (Å²) in [6.45, 7) is 6.49. The zero-order valence-corrected chi connectivity index (χ0v) is 10.9. The Labute approximate surface area is 102 Å². The summed E-state index contributed by atoms with van der Waals surface area (Å²) >= 11 is 4.90. The summed E-state index contributed by atoms with van der Waals surface area (Å²) < 4.78 is 0. The Kier molecular flexibility index (Phi) is 3.91. The molecule has 0 aliphatic carbocycles. The van der Waals surface area contributed by atoms with E-state index in [1.54, 1.807) is 18.7 Å². The Balaban J connectivity index is 2.73. The number of β-amino-alcohol motifs (C(OH)–C–C–N with tert-alkyl or cyclic N) is 1. The van der Waals surface area contributed by atoms with Crippen molar-refractivity contribution >= 4 is 23.1 Å². The molecule has 0 saturated carbocycles. The number of hydrogen-bond donors (Lipinski definition) is 2. The van der Waals surface area contributed by atoms with Crippen LogP contribution in [0.4, 0.5) is 0 Å². The molecule has 1 rings (SSSR count). The van der Waals surface area contributed by atoms with E-state index >= 15 is 0 Å². The molecule has 0 radical (unpaired) electrons. The minimum absolute atomic E-state index is 0.0917. The number of carbonyl (C=O) groups excluding carboxylic acids is 1. The minimum Gasteiger partial charge on any atom is -0.392 e. The van der Waals surface area contributed by atoms with Gasteiger partial charge >= 0.3 is 0 Å². The van der Waals surface area contributed by atoms with Gasteiger partial charge in [-0.3, -0.25) is 4.79 Å². The molecule has 1 fully saturated rings. The van der Waals surface area contributed by atoms with Crippen molar-refractivity contribution in [2.75, 3.05) is 13.1 Å². The van der Waals surface area contributed by atoms with Crippen LogP contribution in [0.5, 0.6) is 0 Å². The summed E-state index contributed by atoms with van der Waals surface area (Å²) in [7, 11) is 0. The number of carbonyl (C=O) groups is 1. The van der Waals surface area contributed by atoms with Crippen molar-refractivity contribution in [2.45, 2.75) is 33.3 Å². The Bertz CT molecular complexity index is 304. The van der Waals surface area contributed by atoms with E-state index in [1.807, 2.05) is 6.92 Å². The topological polar surface area (TPSA) is 66.6 Å². The first-order valence-electron chi connectivity index (χ1n) is 5.54. The maximum atomic E-state index is 12.2. The number of nitrogens with two attached hydrogens (primary N) is 1. The molecule has 0 aromatic carbocycles. The summed E-state index contributed by atoms with van der Waals surface area (Å²) in [6, 6.07) is 0. The fourth-order valence-electron chi connectivity index (χ4n) is 1.73. The van der Waals surface area contributed by atoms with Crippen molar-refractivity contribution in [1.29, 1.82) is 0 Å². The molecule has 1 heterocycles. The molecule has 5 heteroatoms. The van der Waals surface area contributed by atoms with E-state index in [9.17, 15) is 9.90 Å². The zero-order valence-electron chi connectivity index (χ0n) is 10.1. The molecule has 92 valence electrons. The summed E-state index contributed by atoms with van der Waals surface area (Å²) in [6.07, 6.45) is 0.375. The van der Waals surface area contributed by atoms with E-state index < -0.39 is 11.5 Å². The summed E-state index contributed by atoms with van der Waals surface area (Å²) in [5.74, 6) is 0.156. The van der Waals surface area contributed by atoms with Crippen LogP contribution in [0.3, 0.4) is 0 Å². The number of hydrogen-bond acceptors (Lipinski definition) is 3. The number of piperidine rings is 1. The molecule has 1 aliphatic rings. The van der Waals surface area contributed by atoms with Gasteiger partial charge in [-0.1, -0.05) is 19.1 Å². The molecular formula is C11H20N2O2S. The number of thiocarbonyl (C=S) groups is 1. The number of rotatable bonds is 2. The Morgan fingerprint density at radius 1 is 1.56 bits per heavy atom. The van der Waals surface area contributed by atoms with E-state index in [0.717, 1.165) is 6.42 Å². The van der Waals surface area contributed by atoms with Crippen LogP contribution in [-0.2, 0) is 4.79 Å². The van der Waals surface area contributed by atoms with Crippen molar-refractivity contribution in [3.8, 4) is 0 Å². The van der Waals surface area contributed by atoms with Crippen LogP contribution in [0.1, 0.15) is 27.2 Å². The van der Waals surface area contributed by atoms with Gasteiger partial charge in [0, 0.05) is 13.1 Å². The lowest BCUT2D eigenvalue weighted by atomic mass is 9.89. The van der Waals surface area contributed by atoms with Crippen LogP contribution in [0.15, 0.2) is 0 Å². The molecule has 1 aliphatic heterocycles. The Morgan fingerprint density at radius 2 is 2.12 bits per heavy atom. The smallest absolute Gasteiger partial charge is 0.235 e. The zero-order chi connectivity index (χ0) is 12.5. The molecule has 0 aromatic heterocycles. The first-order chi connectivity index (χ1) is 7.26. The highest BCUT2D eigenvalue weighted by atomic mass is 32.1. The average molecular weight is 244 g/mol. The molecule has 3 N–H and O–H groups in total. The van der Waals surface area contributed by atoms with Gasteiger partial charge in [0.2, 0.25) is 5.91 Å². The van der Waals surface area contributed by atoms with Crippen molar-refractivity contribution < 1.29 is 9.90 Å². The molecule has 16 heavy (non-hydrogen) atoms. The average Bonchev–Trinajstić information content (AvgIpc) is 2.20. The Hall–Kier alpha value is -0.680. The van der Waals surface area contributed by atoms with Crippen LogP contribution in [0.25, 0.3) is 0 Å². The fraction of sp³-hybridized carbons (Fsp3) is 0.818. The number of amides is 1. The van der Waals surface area contributed by atoms with Gasteiger partial charge in [-0.15, -0.1) is 0 Å². The number of nitrogens with zero attached hydrogens (tertiary/aromatic N) is 1. The highest BCUT2D eigenvalue weighted by molar-refractivity contribution is 7.80. The van der Waals surface area contributed by atoms with Crippen LogP contribution >= 0.6 is 12.2 Å². The standard InChI is InChI=1S/C11H20N2O2S/c1-7-4-5-13(6-8(7)14)10(15)11(2,3)9(12)16/h7-8,14H,4-6H2,1-3H3,(H2,12,16). The second-order valence-corrected chi connectivity index (χ2v) is 5.51. The number of aliphatic hydroxyl groups is 1.